The van der Waals surface area contributed by atoms with Crippen molar-refractivity contribution >= 4 is 16.3 Å². The predicted octanol–water partition coefficient (Wildman–Crippen LogP) is 2.92. The minimum atomic E-state index is -0.333. The summed E-state index contributed by atoms with van der Waals surface area (Å²) in [6.07, 6.45) is 3.70. The SMILES string of the molecule is CC1CCCC(C)N1NCc1ccc([N+](=O)[O-])s1. The molecule has 1 fully saturated rings. The fourth-order valence-corrected chi connectivity index (χ4v) is 3.21. The molecule has 1 N–H and O–H groups in total. The Bertz CT molecular complexity index is 411. The second-order valence-corrected chi connectivity index (χ2v) is 6.01. The van der Waals surface area contributed by atoms with Gasteiger partial charge in [0.05, 0.1) is 4.92 Å². The molecule has 0 radical (unpaired) electrons. The molecule has 1 aliphatic heterocycles. The lowest BCUT2D eigenvalue weighted by atomic mass is 10.00. The van der Waals surface area contributed by atoms with Gasteiger partial charge in [-0.2, -0.15) is 0 Å². The van der Waals surface area contributed by atoms with Crippen molar-refractivity contribution in [3.63, 3.8) is 0 Å². The Kier molecular flexibility index (Phi) is 4.31. The van der Waals surface area contributed by atoms with E-state index in [1.54, 1.807) is 6.07 Å². The second-order valence-electron chi connectivity index (χ2n) is 4.87. The maximum atomic E-state index is 10.6. The van der Waals surface area contributed by atoms with Gasteiger partial charge < -0.3 is 0 Å². The van der Waals surface area contributed by atoms with Gasteiger partial charge in [0.25, 0.3) is 0 Å². The van der Waals surface area contributed by atoms with Gasteiger partial charge in [-0.05, 0) is 32.8 Å². The lowest BCUT2D eigenvalue weighted by molar-refractivity contribution is -0.380. The molecule has 2 rings (SSSR count). The summed E-state index contributed by atoms with van der Waals surface area (Å²) in [5, 5.41) is 13.1. The zero-order chi connectivity index (χ0) is 13.1. The highest BCUT2D eigenvalue weighted by Crippen LogP contribution is 2.25. The van der Waals surface area contributed by atoms with Crippen LogP contribution in [0.15, 0.2) is 12.1 Å². The van der Waals surface area contributed by atoms with Crippen molar-refractivity contribution in [1.82, 2.24) is 10.4 Å². The first-order valence-electron chi connectivity index (χ1n) is 6.33. The number of hydrogen-bond acceptors (Lipinski definition) is 5. The Morgan fingerprint density at radius 1 is 1.44 bits per heavy atom. The zero-order valence-electron chi connectivity index (χ0n) is 10.8. The number of nitrogens with one attached hydrogen (secondary N) is 1. The highest BCUT2D eigenvalue weighted by Gasteiger charge is 2.24. The summed E-state index contributed by atoms with van der Waals surface area (Å²) in [6.45, 7) is 5.12. The fraction of sp³-hybridized carbons (Fsp3) is 0.667. The summed E-state index contributed by atoms with van der Waals surface area (Å²) in [5.74, 6) is 0. The van der Waals surface area contributed by atoms with Crippen LogP contribution in [0.5, 0.6) is 0 Å². The lowest BCUT2D eigenvalue weighted by Crippen LogP contribution is -2.51. The standard InChI is InChI=1S/C12H19N3O2S/c1-9-4-3-5-10(2)14(9)13-8-11-6-7-12(18-11)15(16)17/h6-7,9-10,13H,3-5,8H2,1-2H3. The number of hydrazine groups is 1. The second kappa shape index (κ2) is 5.77. The Morgan fingerprint density at radius 3 is 2.67 bits per heavy atom. The zero-order valence-corrected chi connectivity index (χ0v) is 11.6. The summed E-state index contributed by atoms with van der Waals surface area (Å²) in [5.41, 5.74) is 3.41. The first-order chi connectivity index (χ1) is 8.58. The predicted molar refractivity (Wildman–Crippen MR) is 72.4 cm³/mol. The average Bonchev–Trinajstić information content (AvgIpc) is 2.77. The van der Waals surface area contributed by atoms with Gasteiger partial charge in [0, 0.05) is 29.6 Å². The van der Waals surface area contributed by atoms with E-state index >= 15 is 0 Å². The van der Waals surface area contributed by atoms with Crippen molar-refractivity contribution in [2.75, 3.05) is 0 Å². The van der Waals surface area contributed by atoms with Crippen LogP contribution < -0.4 is 5.43 Å². The number of nitrogens with zero attached hydrogens (tertiary/aromatic N) is 2. The Morgan fingerprint density at radius 2 is 2.11 bits per heavy atom. The molecule has 0 aliphatic carbocycles. The van der Waals surface area contributed by atoms with Crippen LogP contribution in [0.25, 0.3) is 0 Å². The van der Waals surface area contributed by atoms with Crippen LogP contribution in [0.3, 0.4) is 0 Å². The first kappa shape index (κ1) is 13.5. The average molecular weight is 269 g/mol. The lowest BCUT2D eigenvalue weighted by Gasteiger charge is -2.39. The van der Waals surface area contributed by atoms with Gasteiger partial charge in [-0.15, -0.1) is 0 Å². The minimum Gasteiger partial charge on any atom is -0.258 e. The van der Waals surface area contributed by atoms with Gasteiger partial charge in [-0.25, -0.2) is 10.4 Å². The molecule has 6 heteroatoms. The number of thiophene rings is 1. The molecule has 0 bridgehead atoms. The molecule has 1 saturated heterocycles. The Hall–Kier alpha value is -0.980. The van der Waals surface area contributed by atoms with Crippen LogP contribution in [0, 0.1) is 10.1 Å². The van der Waals surface area contributed by atoms with E-state index in [0.717, 1.165) is 4.88 Å². The highest BCUT2D eigenvalue weighted by molar-refractivity contribution is 7.15. The van der Waals surface area contributed by atoms with E-state index in [4.69, 9.17) is 0 Å². The van der Waals surface area contributed by atoms with Crippen LogP contribution in [0.1, 0.15) is 38.0 Å². The molecule has 1 aromatic heterocycles. The molecular formula is C12H19N3O2S. The van der Waals surface area contributed by atoms with Crippen LogP contribution in [0.4, 0.5) is 5.00 Å². The van der Waals surface area contributed by atoms with Crippen molar-refractivity contribution < 1.29 is 4.92 Å². The molecule has 5 nitrogen and oxygen atoms in total. The normalized spacial score (nSPS) is 25.2. The van der Waals surface area contributed by atoms with Gasteiger partial charge in [-0.1, -0.05) is 17.8 Å². The Labute approximate surface area is 111 Å². The Balaban J connectivity index is 1.91. The monoisotopic (exact) mass is 269 g/mol. The van der Waals surface area contributed by atoms with Crippen LogP contribution in [0.2, 0.25) is 0 Å². The van der Waals surface area contributed by atoms with E-state index in [1.165, 1.54) is 30.6 Å². The molecule has 18 heavy (non-hydrogen) atoms. The van der Waals surface area contributed by atoms with Crippen molar-refractivity contribution in [3.05, 3.63) is 27.1 Å². The largest absolute Gasteiger partial charge is 0.324 e. The number of piperidine rings is 1. The van der Waals surface area contributed by atoms with Gasteiger partial charge in [0.2, 0.25) is 0 Å². The maximum absolute atomic E-state index is 10.6. The fourth-order valence-electron chi connectivity index (χ4n) is 2.46. The first-order valence-corrected chi connectivity index (χ1v) is 7.14. The molecule has 2 unspecified atom stereocenters. The molecule has 0 amide bonds. The van der Waals surface area contributed by atoms with Gasteiger partial charge in [-0.3, -0.25) is 10.1 Å². The molecule has 0 spiro atoms. The quantitative estimate of drug-likeness (QED) is 0.674. The van der Waals surface area contributed by atoms with Crippen molar-refractivity contribution in [2.24, 2.45) is 0 Å². The molecule has 1 aromatic rings. The smallest absolute Gasteiger partial charge is 0.258 e. The van der Waals surface area contributed by atoms with E-state index in [2.05, 4.69) is 24.3 Å². The van der Waals surface area contributed by atoms with Crippen molar-refractivity contribution in [2.45, 2.75) is 51.7 Å². The summed E-state index contributed by atoms with van der Waals surface area (Å²) in [7, 11) is 0. The molecule has 100 valence electrons. The molecule has 0 aromatic carbocycles. The summed E-state index contributed by atoms with van der Waals surface area (Å²) in [4.78, 5) is 11.3. The van der Waals surface area contributed by atoms with Crippen LogP contribution in [-0.4, -0.2) is 22.0 Å². The van der Waals surface area contributed by atoms with Crippen LogP contribution in [-0.2, 0) is 6.54 Å². The maximum Gasteiger partial charge on any atom is 0.324 e. The molecule has 2 atom stereocenters. The van der Waals surface area contributed by atoms with Gasteiger partial charge >= 0.3 is 5.00 Å². The van der Waals surface area contributed by atoms with Crippen molar-refractivity contribution in [3.8, 4) is 0 Å². The third kappa shape index (κ3) is 3.07. The number of nitro groups is 1. The topological polar surface area (TPSA) is 58.4 Å². The van der Waals surface area contributed by atoms with Crippen molar-refractivity contribution in [1.29, 1.82) is 0 Å². The third-order valence-electron chi connectivity index (χ3n) is 3.46. The summed E-state index contributed by atoms with van der Waals surface area (Å²) >= 11 is 1.24. The summed E-state index contributed by atoms with van der Waals surface area (Å²) < 4.78 is 0. The summed E-state index contributed by atoms with van der Waals surface area (Å²) in [6, 6.07) is 4.47. The van der Waals surface area contributed by atoms with Gasteiger partial charge in [0.15, 0.2) is 0 Å². The van der Waals surface area contributed by atoms with Crippen LogP contribution >= 0.6 is 11.3 Å². The number of hydrogen-bond donors (Lipinski definition) is 1. The van der Waals surface area contributed by atoms with Gasteiger partial charge in [0.1, 0.15) is 0 Å². The van der Waals surface area contributed by atoms with E-state index in [-0.39, 0.29) is 9.92 Å². The third-order valence-corrected chi connectivity index (χ3v) is 4.49. The number of rotatable bonds is 4. The molecular weight excluding hydrogens is 250 g/mol. The van der Waals surface area contributed by atoms with E-state index in [0.29, 0.717) is 18.6 Å². The van der Waals surface area contributed by atoms with E-state index in [9.17, 15) is 10.1 Å². The molecule has 2 heterocycles. The minimum absolute atomic E-state index is 0.214. The van der Waals surface area contributed by atoms with E-state index < -0.39 is 0 Å². The highest BCUT2D eigenvalue weighted by atomic mass is 32.1. The molecule has 0 saturated carbocycles. The molecule has 1 aliphatic rings. The van der Waals surface area contributed by atoms with E-state index in [1.807, 2.05) is 6.07 Å².